The maximum absolute atomic E-state index is 14.3. The maximum atomic E-state index is 14.3. The molecule has 0 amide bonds. The predicted octanol–water partition coefficient (Wildman–Crippen LogP) is 8.68. The van der Waals surface area contributed by atoms with E-state index in [0.29, 0.717) is 49.0 Å². The molecule has 1 aliphatic carbocycles. The number of carbonyl (C=O) groups excluding carboxylic acids is 2. The van der Waals surface area contributed by atoms with Crippen LogP contribution in [0.15, 0.2) is 108 Å². The third kappa shape index (κ3) is 14.4. The van der Waals surface area contributed by atoms with Crippen LogP contribution in [0.2, 0.25) is 0 Å². The van der Waals surface area contributed by atoms with Crippen molar-refractivity contribution in [2.24, 2.45) is 23.7 Å². The van der Waals surface area contributed by atoms with Gasteiger partial charge in [-0.3, -0.25) is 9.59 Å². The van der Waals surface area contributed by atoms with E-state index in [-0.39, 0.29) is 65.5 Å². The van der Waals surface area contributed by atoms with E-state index in [4.69, 9.17) is 56.8 Å². The summed E-state index contributed by atoms with van der Waals surface area (Å²) in [5, 5.41) is 44.2. The number of aliphatic hydroxyl groups is 3. The molecule has 0 radical (unpaired) electrons. The Hall–Kier alpha value is -5.06. The van der Waals surface area contributed by atoms with E-state index in [9.17, 15) is 30.0 Å². The number of allylic oxidation sites excluding steroid dienone is 3. The quantitative estimate of drug-likeness (QED) is 0.0637. The summed E-state index contributed by atoms with van der Waals surface area (Å²) in [6.45, 7) is 16.1. The molecule has 0 aromatic heterocycles. The lowest BCUT2D eigenvalue weighted by molar-refractivity contribution is -0.318. The highest BCUT2D eigenvalue weighted by molar-refractivity contribution is 6.10. The summed E-state index contributed by atoms with van der Waals surface area (Å²) in [5.74, 6) is -2.38. The van der Waals surface area contributed by atoms with E-state index in [1.54, 1.807) is 52.4 Å². The summed E-state index contributed by atoms with van der Waals surface area (Å²) in [5.41, 5.74) is 1.15. The van der Waals surface area contributed by atoms with E-state index in [2.05, 4.69) is 39.8 Å². The molecular weight excluding hydrogens is 1070 g/mol. The maximum Gasteiger partial charge on any atom is 0.316 e. The van der Waals surface area contributed by atoms with Crippen LogP contribution in [0.1, 0.15) is 110 Å². The molecule has 2 aromatic rings. The fraction of sp³-hybridized carbons (Fsp3) is 0.600. The van der Waals surface area contributed by atoms with Crippen molar-refractivity contribution in [2.75, 3.05) is 35.0 Å². The number of phenolic OH excluding ortho intramolecular Hbond substituents is 1. The monoisotopic (exact) mass is 1160 g/mol. The first-order valence-electron chi connectivity index (χ1n) is 29.2. The Morgan fingerprint density at radius 3 is 2.27 bits per heavy atom. The molecule has 456 valence electrons. The van der Waals surface area contributed by atoms with Gasteiger partial charge in [-0.1, -0.05) is 107 Å². The van der Waals surface area contributed by atoms with E-state index in [1.807, 2.05) is 62.4 Å². The molecule has 6 heterocycles. The normalized spacial score (nSPS) is 37.7. The Bertz CT molecular complexity index is 2720. The molecule has 20 unspecified atom stereocenters. The molecule has 4 fully saturated rings. The molecule has 0 saturated carbocycles. The van der Waals surface area contributed by atoms with Gasteiger partial charge >= 0.3 is 5.97 Å². The van der Waals surface area contributed by atoms with Gasteiger partial charge in [-0.25, -0.2) is 0 Å². The van der Waals surface area contributed by atoms with Crippen LogP contribution in [0.4, 0.5) is 0 Å². The molecular formula is C65H88O18. The fourth-order valence-electron chi connectivity index (χ4n) is 12.5. The minimum absolute atomic E-state index is 0.0317. The van der Waals surface area contributed by atoms with Crippen LogP contribution >= 0.6 is 0 Å². The summed E-state index contributed by atoms with van der Waals surface area (Å²) < 4.78 is 73.8. The van der Waals surface area contributed by atoms with Gasteiger partial charge in [0.05, 0.1) is 63.6 Å². The van der Waals surface area contributed by atoms with E-state index in [0.717, 1.165) is 17.6 Å². The number of ketones is 1. The van der Waals surface area contributed by atoms with E-state index < -0.39 is 90.8 Å². The highest BCUT2D eigenvalue weighted by Crippen LogP contribution is 2.47. The Morgan fingerprint density at radius 1 is 0.855 bits per heavy atom. The SMILES string of the molecule is CCC(C)C1OC2(C=CC1C)CC1CC(CC=C(C)C(OC3CC(OC)C(OC4CC(OC)C(O)C(C)O4)C(C)O3)C(C)C=CC=C3COC4C(O)C(C)=CC(C(=O)O1)C34O)O2.COc1cc(O)c(C(=O)C=Cc2ccccc2)c(OC)c1. The van der Waals surface area contributed by atoms with Crippen LogP contribution in [0.3, 0.4) is 0 Å². The van der Waals surface area contributed by atoms with Crippen molar-refractivity contribution in [1.82, 2.24) is 0 Å². The summed E-state index contributed by atoms with van der Waals surface area (Å²) in [6.07, 6.45) is 11.6. The summed E-state index contributed by atoms with van der Waals surface area (Å²) >= 11 is 0. The minimum atomic E-state index is -1.84. The van der Waals surface area contributed by atoms with Crippen LogP contribution < -0.4 is 9.47 Å². The molecule has 4 N–H and O–H groups in total. The molecule has 20 atom stereocenters. The van der Waals surface area contributed by atoms with Crippen LogP contribution in [0, 0.1) is 23.7 Å². The van der Waals surface area contributed by atoms with Gasteiger partial charge in [0.15, 0.2) is 24.2 Å². The average Bonchev–Trinajstić information content (AvgIpc) is 3.24. The molecule has 2 aromatic carbocycles. The number of aromatic hydroxyl groups is 1. The molecule has 18 heteroatoms. The number of hydrogen-bond donors (Lipinski definition) is 4. The lowest BCUT2D eigenvalue weighted by Gasteiger charge is -2.48. The number of esters is 1. The van der Waals surface area contributed by atoms with Crippen molar-refractivity contribution in [2.45, 2.75) is 191 Å². The largest absolute Gasteiger partial charge is 0.507 e. The zero-order chi connectivity index (χ0) is 59.9. The van der Waals surface area contributed by atoms with Crippen molar-refractivity contribution in [3.63, 3.8) is 0 Å². The minimum Gasteiger partial charge on any atom is -0.507 e. The van der Waals surface area contributed by atoms with Gasteiger partial charge in [0.25, 0.3) is 0 Å². The first kappa shape index (κ1) is 63.9. The highest BCUT2D eigenvalue weighted by atomic mass is 16.7. The number of benzene rings is 2. The standard InChI is InChI=1S/C48H72O14.C17H16O4/c1-11-25(2)43-28(5)17-18-47(62-43)23-34-20-33(61-47)16-15-27(4)42(26(3)13-12-14-32-24-55-45-40(49)29(6)19-35(46(51)58-34)48(32,45)52)59-39-22-37(54-10)44(31(8)57-39)60-38-21-36(53-9)41(50)30(7)56-38;1-20-13-10-15(19)17(16(11-13)21-2)14(18)9-8-12-6-4-3-5-7-12/h12-15,17-19,25-26,28,30-31,33-45,49-50,52H,11,16,20-24H2,1-10H3;3-11,19H,1-2H3. The van der Waals surface area contributed by atoms with E-state index in [1.165, 1.54) is 26.4 Å². The van der Waals surface area contributed by atoms with Crippen molar-refractivity contribution in [1.29, 1.82) is 0 Å². The van der Waals surface area contributed by atoms with Gasteiger partial charge in [0.2, 0.25) is 0 Å². The molecule has 7 aliphatic rings. The first-order valence-corrected chi connectivity index (χ1v) is 29.2. The number of fused-ring (bicyclic) bond motifs is 2. The fourth-order valence-corrected chi connectivity index (χ4v) is 12.5. The Kier molecular flexibility index (Phi) is 21.6. The predicted molar refractivity (Wildman–Crippen MR) is 308 cm³/mol. The average molecular weight is 1160 g/mol. The third-order valence-corrected chi connectivity index (χ3v) is 17.5. The van der Waals surface area contributed by atoms with Gasteiger partial charge in [0, 0.05) is 63.9 Å². The summed E-state index contributed by atoms with van der Waals surface area (Å²) in [4.78, 5) is 26.6. The van der Waals surface area contributed by atoms with Crippen molar-refractivity contribution in [3.05, 3.63) is 119 Å². The smallest absolute Gasteiger partial charge is 0.316 e. The molecule has 9 rings (SSSR count). The van der Waals surface area contributed by atoms with Gasteiger partial charge in [-0.05, 0) is 74.5 Å². The number of ether oxygens (including phenoxy) is 12. The third-order valence-electron chi connectivity index (χ3n) is 17.5. The molecule has 6 aliphatic heterocycles. The second-order valence-corrected chi connectivity index (χ2v) is 23.3. The number of carbonyl (C=O) groups is 2. The van der Waals surface area contributed by atoms with E-state index >= 15 is 0 Å². The topological polar surface area (TPSA) is 226 Å². The Labute approximate surface area is 489 Å². The van der Waals surface area contributed by atoms with Gasteiger partial charge in [-0.2, -0.15) is 0 Å². The van der Waals surface area contributed by atoms with Crippen molar-refractivity contribution >= 4 is 17.8 Å². The van der Waals surface area contributed by atoms with Crippen molar-refractivity contribution in [3.8, 4) is 17.2 Å². The lowest BCUT2D eigenvalue weighted by Crippen LogP contribution is -2.58. The number of rotatable bonds is 13. The Balaban J connectivity index is 0.000000359. The molecule has 18 nitrogen and oxygen atoms in total. The zero-order valence-electron chi connectivity index (χ0n) is 50.1. The first-order chi connectivity index (χ1) is 39.6. The summed E-state index contributed by atoms with van der Waals surface area (Å²) in [7, 11) is 6.13. The van der Waals surface area contributed by atoms with Crippen LogP contribution in [0.25, 0.3) is 6.08 Å². The highest BCUT2D eigenvalue weighted by Gasteiger charge is 2.60. The number of aliphatic hydroxyl groups excluding tert-OH is 2. The van der Waals surface area contributed by atoms with Gasteiger partial charge in [-0.15, -0.1) is 0 Å². The van der Waals surface area contributed by atoms with Gasteiger partial charge in [0.1, 0.15) is 64.9 Å². The molecule has 4 saturated heterocycles. The van der Waals surface area contributed by atoms with Gasteiger partial charge < -0.3 is 77.3 Å². The summed E-state index contributed by atoms with van der Waals surface area (Å²) in [6, 6.07) is 12.4. The number of methoxy groups -OCH3 is 4. The number of hydrogen-bond acceptors (Lipinski definition) is 18. The second-order valence-electron chi connectivity index (χ2n) is 23.3. The molecule has 2 bridgehead atoms. The van der Waals surface area contributed by atoms with Crippen LogP contribution in [-0.2, 0) is 52.2 Å². The van der Waals surface area contributed by atoms with Crippen LogP contribution in [-0.4, -0.2) is 164 Å². The number of phenols is 1. The lowest BCUT2D eigenvalue weighted by atomic mass is 9.71. The van der Waals surface area contributed by atoms with Crippen molar-refractivity contribution < 1.29 is 86.9 Å². The second kappa shape index (κ2) is 28.0. The van der Waals surface area contributed by atoms with Crippen LogP contribution in [0.5, 0.6) is 17.2 Å². The molecule has 1 spiro atoms. The Morgan fingerprint density at radius 2 is 1.57 bits per heavy atom. The molecule has 83 heavy (non-hydrogen) atoms. The zero-order valence-corrected chi connectivity index (χ0v) is 50.1.